The van der Waals surface area contributed by atoms with Gasteiger partial charge in [-0.3, -0.25) is 4.79 Å². The third kappa shape index (κ3) is 5.17. The molecule has 122 valence electrons. The lowest BCUT2D eigenvalue weighted by atomic mass is 10.2. The van der Waals surface area contributed by atoms with E-state index < -0.39 is 11.7 Å². The lowest BCUT2D eigenvalue weighted by Gasteiger charge is -2.10. The number of carbonyl (C=O) groups is 1. The molecule has 0 spiro atoms. The molecule has 0 unspecified atom stereocenters. The Morgan fingerprint density at radius 3 is 2.35 bits per heavy atom. The molecule has 7 heteroatoms. The van der Waals surface area contributed by atoms with Crippen LogP contribution >= 0.6 is 11.6 Å². The molecule has 0 atom stereocenters. The highest BCUT2D eigenvalue weighted by molar-refractivity contribution is 6.32. The van der Waals surface area contributed by atoms with Crippen molar-refractivity contribution < 1.29 is 22.7 Å². The molecule has 1 N–H and O–H groups in total. The first kappa shape index (κ1) is 17.1. The van der Waals surface area contributed by atoms with E-state index in [0.29, 0.717) is 16.5 Å². The molecule has 2 rings (SSSR count). The van der Waals surface area contributed by atoms with Crippen LogP contribution in [0.15, 0.2) is 48.5 Å². The number of carbonyl (C=O) groups excluding carboxylic acids is 1. The first-order chi connectivity index (χ1) is 10.9. The number of anilines is 1. The Bertz CT molecular complexity index is 672. The highest BCUT2D eigenvalue weighted by atomic mass is 35.5. The van der Waals surface area contributed by atoms with Gasteiger partial charge >= 0.3 is 6.18 Å². The smallest absolute Gasteiger partial charge is 0.416 e. The number of nitrogens with one attached hydrogen (secondary N) is 1. The van der Waals surface area contributed by atoms with Gasteiger partial charge in [-0.2, -0.15) is 13.2 Å². The van der Waals surface area contributed by atoms with Crippen molar-refractivity contribution >= 4 is 23.2 Å². The second-order valence-electron chi connectivity index (χ2n) is 4.65. The molecule has 23 heavy (non-hydrogen) atoms. The highest BCUT2D eigenvalue weighted by Crippen LogP contribution is 2.29. The van der Waals surface area contributed by atoms with Crippen LogP contribution in [0.5, 0.6) is 5.75 Å². The number of benzene rings is 2. The Morgan fingerprint density at radius 1 is 1.09 bits per heavy atom. The van der Waals surface area contributed by atoms with Gasteiger partial charge in [0.05, 0.1) is 23.6 Å². The summed E-state index contributed by atoms with van der Waals surface area (Å²) in [5.41, 5.74) is -0.474. The number of hydrogen-bond acceptors (Lipinski definition) is 2. The number of rotatable bonds is 5. The Labute approximate surface area is 136 Å². The van der Waals surface area contributed by atoms with E-state index in [1.807, 2.05) is 0 Å². The topological polar surface area (TPSA) is 38.3 Å². The van der Waals surface area contributed by atoms with Gasteiger partial charge in [0.25, 0.3) is 0 Å². The summed E-state index contributed by atoms with van der Waals surface area (Å²) < 4.78 is 42.7. The molecule has 3 nitrogen and oxygen atoms in total. The Morgan fingerprint density at radius 2 is 1.74 bits per heavy atom. The number of para-hydroxylation sites is 1. The molecule has 0 aliphatic carbocycles. The SMILES string of the molecule is O=C(CCOc1ccccc1Cl)Nc1ccc(C(F)(F)F)cc1. The van der Waals surface area contributed by atoms with E-state index in [4.69, 9.17) is 16.3 Å². The van der Waals surface area contributed by atoms with Crippen LogP contribution < -0.4 is 10.1 Å². The minimum absolute atomic E-state index is 0.0479. The molecule has 0 heterocycles. The zero-order valence-corrected chi connectivity index (χ0v) is 12.6. The second kappa shape index (κ2) is 7.37. The highest BCUT2D eigenvalue weighted by Gasteiger charge is 2.29. The molecular weight excluding hydrogens is 331 g/mol. The van der Waals surface area contributed by atoms with Gasteiger partial charge in [0.15, 0.2) is 0 Å². The van der Waals surface area contributed by atoms with E-state index >= 15 is 0 Å². The van der Waals surface area contributed by atoms with Crippen LogP contribution in [-0.4, -0.2) is 12.5 Å². The van der Waals surface area contributed by atoms with Gasteiger partial charge in [0.1, 0.15) is 5.75 Å². The third-order valence-electron chi connectivity index (χ3n) is 2.92. The van der Waals surface area contributed by atoms with Crippen molar-refractivity contribution in [1.29, 1.82) is 0 Å². The van der Waals surface area contributed by atoms with Crippen molar-refractivity contribution in [2.45, 2.75) is 12.6 Å². The van der Waals surface area contributed by atoms with Crippen LogP contribution in [0.4, 0.5) is 18.9 Å². The lowest BCUT2D eigenvalue weighted by Crippen LogP contribution is -2.15. The first-order valence-corrected chi connectivity index (χ1v) is 7.08. The maximum absolute atomic E-state index is 12.4. The van der Waals surface area contributed by atoms with Crippen LogP contribution in [0.3, 0.4) is 0 Å². The molecule has 0 bridgehead atoms. The Hall–Kier alpha value is -2.21. The summed E-state index contributed by atoms with van der Waals surface area (Å²) in [6.45, 7) is 0.107. The molecule has 0 saturated carbocycles. The summed E-state index contributed by atoms with van der Waals surface area (Å²) in [5, 5.41) is 2.94. The largest absolute Gasteiger partial charge is 0.491 e. The number of halogens is 4. The molecule has 0 fully saturated rings. The summed E-state index contributed by atoms with van der Waals surface area (Å²) in [5.74, 6) is 0.105. The number of ether oxygens (including phenoxy) is 1. The molecule has 2 aromatic rings. The lowest BCUT2D eigenvalue weighted by molar-refractivity contribution is -0.137. The van der Waals surface area contributed by atoms with E-state index in [9.17, 15) is 18.0 Å². The molecule has 0 radical (unpaired) electrons. The van der Waals surface area contributed by atoms with Gasteiger partial charge in [-0.25, -0.2) is 0 Å². The van der Waals surface area contributed by atoms with Gasteiger partial charge in [0.2, 0.25) is 5.91 Å². The van der Waals surface area contributed by atoms with Gasteiger partial charge in [0, 0.05) is 5.69 Å². The summed E-state index contributed by atoms with van der Waals surface area (Å²) in [6, 6.07) is 11.1. The van der Waals surface area contributed by atoms with Gasteiger partial charge in [-0.15, -0.1) is 0 Å². The van der Waals surface area contributed by atoms with Crippen LogP contribution in [0.1, 0.15) is 12.0 Å². The fourth-order valence-electron chi connectivity index (χ4n) is 1.78. The number of hydrogen-bond donors (Lipinski definition) is 1. The molecule has 0 aliphatic heterocycles. The second-order valence-corrected chi connectivity index (χ2v) is 5.06. The Kier molecular flexibility index (Phi) is 5.50. The summed E-state index contributed by atoms with van der Waals surface area (Å²) in [6.07, 6.45) is -4.35. The van der Waals surface area contributed by atoms with Crippen molar-refractivity contribution in [3.05, 3.63) is 59.1 Å². The summed E-state index contributed by atoms with van der Waals surface area (Å²) >= 11 is 5.90. The fourth-order valence-corrected chi connectivity index (χ4v) is 1.97. The summed E-state index contributed by atoms with van der Waals surface area (Å²) in [4.78, 5) is 11.7. The van der Waals surface area contributed by atoms with Crippen molar-refractivity contribution in [3.8, 4) is 5.75 Å². The van der Waals surface area contributed by atoms with Crippen molar-refractivity contribution in [2.75, 3.05) is 11.9 Å². The van der Waals surface area contributed by atoms with Crippen LogP contribution in [-0.2, 0) is 11.0 Å². The van der Waals surface area contributed by atoms with E-state index in [1.165, 1.54) is 12.1 Å². The maximum Gasteiger partial charge on any atom is 0.416 e. The van der Waals surface area contributed by atoms with Crippen molar-refractivity contribution in [3.63, 3.8) is 0 Å². The number of amides is 1. The standard InChI is InChI=1S/C16H13ClF3NO2/c17-13-3-1-2-4-14(13)23-10-9-15(22)21-12-7-5-11(6-8-12)16(18,19)20/h1-8H,9-10H2,(H,21,22). The molecule has 1 amide bonds. The zero-order chi connectivity index (χ0) is 16.9. The van der Waals surface area contributed by atoms with Crippen LogP contribution in [0.25, 0.3) is 0 Å². The van der Waals surface area contributed by atoms with Crippen molar-refractivity contribution in [1.82, 2.24) is 0 Å². The molecule has 2 aromatic carbocycles. The minimum atomic E-state index is -4.40. The normalized spacial score (nSPS) is 11.1. The quantitative estimate of drug-likeness (QED) is 0.849. The fraction of sp³-hybridized carbons (Fsp3) is 0.188. The van der Waals surface area contributed by atoms with Gasteiger partial charge < -0.3 is 10.1 Å². The molecular formula is C16H13ClF3NO2. The predicted molar refractivity (Wildman–Crippen MR) is 81.6 cm³/mol. The van der Waals surface area contributed by atoms with E-state index in [0.717, 1.165) is 12.1 Å². The Balaban J connectivity index is 1.82. The van der Waals surface area contributed by atoms with Crippen LogP contribution in [0.2, 0.25) is 5.02 Å². The monoisotopic (exact) mass is 343 g/mol. The summed E-state index contributed by atoms with van der Waals surface area (Å²) in [7, 11) is 0. The number of alkyl halides is 3. The zero-order valence-electron chi connectivity index (χ0n) is 11.9. The molecule has 0 saturated heterocycles. The average molecular weight is 344 g/mol. The van der Waals surface area contributed by atoms with Crippen LogP contribution in [0, 0.1) is 0 Å². The third-order valence-corrected chi connectivity index (χ3v) is 3.23. The van der Waals surface area contributed by atoms with E-state index in [1.54, 1.807) is 24.3 Å². The van der Waals surface area contributed by atoms with Gasteiger partial charge in [-0.05, 0) is 36.4 Å². The maximum atomic E-state index is 12.4. The van der Waals surface area contributed by atoms with Gasteiger partial charge in [-0.1, -0.05) is 23.7 Å². The average Bonchev–Trinajstić information content (AvgIpc) is 2.49. The molecule has 0 aliphatic rings. The van der Waals surface area contributed by atoms with E-state index in [2.05, 4.69) is 5.32 Å². The predicted octanol–water partition coefficient (Wildman–Crippen LogP) is 4.77. The first-order valence-electron chi connectivity index (χ1n) is 6.71. The van der Waals surface area contributed by atoms with E-state index in [-0.39, 0.29) is 18.9 Å². The molecule has 0 aromatic heterocycles. The van der Waals surface area contributed by atoms with Crippen molar-refractivity contribution in [2.24, 2.45) is 0 Å². The minimum Gasteiger partial charge on any atom is -0.491 e.